The molecule has 1 aromatic rings. The Balaban J connectivity index is 2.78. The van der Waals surface area contributed by atoms with Gasteiger partial charge in [-0.2, -0.15) is 0 Å². The first-order chi connectivity index (χ1) is 6.09. The Morgan fingerprint density at radius 1 is 1.38 bits per heavy atom. The van der Waals surface area contributed by atoms with Crippen molar-refractivity contribution in [2.45, 2.75) is 6.92 Å². The highest BCUT2D eigenvalue weighted by atomic mass is 16.2. The summed E-state index contributed by atoms with van der Waals surface area (Å²) >= 11 is 0. The summed E-state index contributed by atoms with van der Waals surface area (Å²) in [5, 5.41) is 2.03. The fourth-order valence-electron chi connectivity index (χ4n) is 0.671. The van der Waals surface area contributed by atoms with Crippen molar-refractivity contribution in [1.82, 2.24) is 15.3 Å². The summed E-state index contributed by atoms with van der Waals surface area (Å²) in [4.78, 5) is 28.8. The van der Waals surface area contributed by atoms with Crippen LogP contribution in [0.3, 0.4) is 0 Å². The number of amides is 2. The quantitative estimate of drug-likeness (QED) is 0.597. The van der Waals surface area contributed by atoms with Gasteiger partial charge in [-0.3, -0.25) is 14.9 Å². The second kappa shape index (κ2) is 3.61. The molecule has 0 radical (unpaired) electrons. The predicted octanol–water partition coefficient (Wildman–Crippen LogP) is -0.665. The minimum absolute atomic E-state index is 0.0793. The molecule has 0 aliphatic carbocycles. The van der Waals surface area contributed by atoms with Gasteiger partial charge >= 0.3 is 0 Å². The topological polar surface area (TPSA) is 98.0 Å². The number of carbonyl (C=O) groups excluding carboxylic acids is 2. The van der Waals surface area contributed by atoms with Gasteiger partial charge in [-0.25, -0.2) is 9.97 Å². The van der Waals surface area contributed by atoms with E-state index < -0.39 is 11.8 Å². The zero-order chi connectivity index (χ0) is 9.84. The van der Waals surface area contributed by atoms with E-state index in [4.69, 9.17) is 5.73 Å². The minimum Gasteiger partial charge on any atom is -0.396 e. The molecular weight excluding hydrogens is 172 g/mol. The van der Waals surface area contributed by atoms with Crippen LogP contribution in [-0.4, -0.2) is 21.8 Å². The summed E-state index contributed by atoms with van der Waals surface area (Å²) < 4.78 is 0. The van der Waals surface area contributed by atoms with E-state index in [1.165, 1.54) is 19.3 Å². The second-order valence-corrected chi connectivity index (χ2v) is 2.35. The van der Waals surface area contributed by atoms with Crippen LogP contribution in [0.1, 0.15) is 17.5 Å². The van der Waals surface area contributed by atoms with Crippen molar-refractivity contribution in [3.05, 3.63) is 18.2 Å². The minimum atomic E-state index is -0.632. The number of anilines is 1. The summed E-state index contributed by atoms with van der Waals surface area (Å²) in [6.07, 6.45) is 2.59. The van der Waals surface area contributed by atoms with E-state index in [0.29, 0.717) is 5.69 Å². The Morgan fingerprint density at radius 2 is 1.92 bits per heavy atom. The first-order valence-electron chi connectivity index (χ1n) is 3.49. The second-order valence-electron chi connectivity index (χ2n) is 2.35. The van der Waals surface area contributed by atoms with Crippen molar-refractivity contribution in [1.29, 1.82) is 0 Å². The maximum Gasteiger partial charge on any atom is 0.295 e. The van der Waals surface area contributed by atoms with Crippen molar-refractivity contribution in [2.24, 2.45) is 0 Å². The zero-order valence-electron chi connectivity index (χ0n) is 6.94. The summed E-state index contributed by atoms with van der Waals surface area (Å²) in [6.45, 7) is 1.23. The van der Waals surface area contributed by atoms with Gasteiger partial charge in [-0.15, -0.1) is 0 Å². The highest BCUT2D eigenvalue weighted by Gasteiger charge is 2.09. The maximum absolute atomic E-state index is 11.1. The molecule has 1 aromatic heterocycles. The van der Waals surface area contributed by atoms with E-state index in [2.05, 4.69) is 9.97 Å². The Labute approximate surface area is 74.2 Å². The van der Waals surface area contributed by atoms with Crippen LogP contribution in [0.15, 0.2) is 12.4 Å². The smallest absolute Gasteiger partial charge is 0.295 e. The van der Waals surface area contributed by atoms with Gasteiger partial charge in [0.2, 0.25) is 11.7 Å². The molecule has 0 spiro atoms. The number of nitrogen functional groups attached to an aromatic ring is 1. The normalized spacial score (nSPS) is 9.31. The van der Waals surface area contributed by atoms with Gasteiger partial charge in [0.25, 0.3) is 5.91 Å². The van der Waals surface area contributed by atoms with Gasteiger partial charge in [0.1, 0.15) is 0 Å². The van der Waals surface area contributed by atoms with Crippen molar-refractivity contribution < 1.29 is 9.59 Å². The number of rotatable bonds is 1. The molecule has 0 saturated carbocycles. The zero-order valence-corrected chi connectivity index (χ0v) is 6.94. The lowest BCUT2D eigenvalue weighted by atomic mass is 10.5. The number of nitrogens with zero attached hydrogens (tertiary/aromatic N) is 2. The predicted molar refractivity (Wildman–Crippen MR) is 44.6 cm³/mol. The van der Waals surface area contributed by atoms with Crippen molar-refractivity contribution >= 4 is 17.5 Å². The van der Waals surface area contributed by atoms with Gasteiger partial charge in [0.05, 0.1) is 18.1 Å². The van der Waals surface area contributed by atoms with Crippen LogP contribution in [0.5, 0.6) is 0 Å². The number of hydrogen-bond acceptors (Lipinski definition) is 5. The van der Waals surface area contributed by atoms with Crippen LogP contribution < -0.4 is 11.1 Å². The van der Waals surface area contributed by atoms with E-state index >= 15 is 0 Å². The molecule has 0 bridgehead atoms. The van der Waals surface area contributed by atoms with E-state index in [1.807, 2.05) is 5.32 Å². The average molecular weight is 180 g/mol. The van der Waals surface area contributed by atoms with Crippen LogP contribution in [0.2, 0.25) is 0 Å². The first-order valence-corrected chi connectivity index (χ1v) is 3.49. The number of aromatic nitrogens is 2. The molecule has 0 atom stereocenters. The molecule has 13 heavy (non-hydrogen) atoms. The van der Waals surface area contributed by atoms with E-state index in [0.717, 1.165) is 0 Å². The van der Waals surface area contributed by atoms with Gasteiger partial charge in [-0.05, 0) is 0 Å². The van der Waals surface area contributed by atoms with Gasteiger partial charge in [0.15, 0.2) is 0 Å². The third-order valence-corrected chi connectivity index (χ3v) is 1.16. The molecule has 1 heterocycles. The molecule has 0 fully saturated rings. The standard InChI is InChI=1S/C7H8N4O2/c1-4(12)11-7(13)6-9-2-5(8)3-10-6/h2-3H,8H2,1H3,(H,11,12,13). The number of carbonyl (C=O) groups is 2. The lowest BCUT2D eigenvalue weighted by molar-refractivity contribution is -0.118. The Morgan fingerprint density at radius 3 is 2.38 bits per heavy atom. The van der Waals surface area contributed by atoms with Crippen LogP contribution in [0.25, 0.3) is 0 Å². The van der Waals surface area contributed by atoms with Gasteiger partial charge < -0.3 is 5.73 Å². The SMILES string of the molecule is CC(=O)NC(=O)c1ncc(N)cn1. The molecule has 0 aliphatic heterocycles. The third kappa shape index (κ3) is 2.51. The monoisotopic (exact) mass is 180 g/mol. The fourth-order valence-corrected chi connectivity index (χ4v) is 0.671. The molecule has 0 unspecified atom stereocenters. The average Bonchev–Trinajstić information content (AvgIpc) is 2.04. The maximum atomic E-state index is 11.1. The van der Waals surface area contributed by atoms with Crippen molar-refractivity contribution in [3.8, 4) is 0 Å². The lowest BCUT2D eigenvalue weighted by Crippen LogP contribution is -2.29. The molecule has 0 aromatic carbocycles. The Hall–Kier alpha value is -1.98. The Kier molecular flexibility index (Phi) is 2.53. The van der Waals surface area contributed by atoms with Crippen LogP contribution in [-0.2, 0) is 4.79 Å². The van der Waals surface area contributed by atoms with E-state index in [9.17, 15) is 9.59 Å². The molecule has 2 amide bonds. The Bertz CT molecular complexity index is 333. The van der Waals surface area contributed by atoms with Gasteiger partial charge in [-0.1, -0.05) is 0 Å². The first kappa shape index (κ1) is 9.11. The molecule has 0 saturated heterocycles. The molecule has 6 heteroatoms. The molecule has 68 valence electrons. The fraction of sp³-hybridized carbons (Fsp3) is 0.143. The summed E-state index contributed by atoms with van der Waals surface area (Å²) in [7, 11) is 0. The van der Waals surface area contributed by atoms with Crippen molar-refractivity contribution in [2.75, 3.05) is 5.73 Å². The van der Waals surface area contributed by atoms with E-state index in [1.54, 1.807) is 0 Å². The van der Waals surface area contributed by atoms with Crippen molar-refractivity contribution in [3.63, 3.8) is 0 Å². The molecule has 1 rings (SSSR count). The molecule has 6 nitrogen and oxygen atoms in total. The van der Waals surface area contributed by atoms with Gasteiger partial charge in [0, 0.05) is 6.92 Å². The summed E-state index contributed by atoms with van der Waals surface area (Å²) in [5.41, 5.74) is 5.66. The van der Waals surface area contributed by atoms with Crippen LogP contribution >= 0.6 is 0 Å². The number of imide groups is 1. The molecular formula is C7H8N4O2. The number of nitrogens with one attached hydrogen (secondary N) is 1. The number of hydrogen-bond donors (Lipinski definition) is 2. The largest absolute Gasteiger partial charge is 0.396 e. The summed E-state index contributed by atoms with van der Waals surface area (Å²) in [6, 6.07) is 0. The number of nitrogens with two attached hydrogens (primary N) is 1. The van der Waals surface area contributed by atoms with Crippen LogP contribution in [0.4, 0.5) is 5.69 Å². The highest BCUT2D eigenvalue weighted by molar-refractivity contribution is 6.01. The molecule has 0 aliphatic rings. The van der Waals surface area contributed by atoms with E-state index in [-0.39, 0.29) is 5.82 Å². The lowest BCUT2D eigenvalue weighted by Gasteiger charge is -1.98. The summed E-state index contributed by atoms with van der Waals surface area (Å²) in [5.74, 6) is -1.16. The molecule has 3 N–H and O–H groups in total. The highest BCUT2D eigenvalue weighted by Crippen LogP contribution is 1.95. The third-order valence-electron chi connectivity index (χ3n) is 1.16. The van der Waals surface area contributed by atoms with Crippen LogP contribution in [0, 0.1) is 0 Å².